The maximum atomic E-state index is 9.35. The quantitative estimate of drug-likeness (QED) is 0.372. The summed E-state index contributed by atoms with van der Waals surface area (Å²) in [7, 11) is 0. The van der Waals surface area contributed by atoms with Crippen molar-refractivity contribution in [3.05, 3.63) is 82.9 Å². The Morgan fingerprint density at radius 2 is 1.86 bits per heavy atom. The average molecular weight is 401 g/mol. The molecule has 0 atom stereocenters. The third-order valence-electron chi connectivity index (χ3n) is 5.10. The summed E-state index contributed by atoms with van der Waals surface area (Å²) in [4.78, 5) is 9.05. The number of benzene rings is 2. The van der Waals surface area contributed by atoms with Crippen molar-refractivity contribution in [1.82, 2.24) is 14.5 Å². The maximum absolute atomic E-state index is 9.35. The van der Waals surface area contributed by atoms with E-state index in [1.807, 2.05) is 30.3 Å². The van der Waals surface area contributed by atoms with Gasteiger partial charge >= 0.3 is 0 Å². The van der Waals surface area contributed by atoms with Gasteiger partial charge in [0.2, 0.25) is 0 Å². The molecule has 4 aromatic rings. The number of hydrogen-bond acceptors (Lipinski definition) is 3. The first-order valence-electron chi connectivity index (χ1n) is 9.79. The van der Waals surface area contributed by atoms with Crippen LogP contribution in [0.2, 0.25) is 5.15 Å². The molecule has 0 unspecified atom stereocenters. The molecule has 144 valence electrons. The van der Waals surface area contributed by atoms with E-state index in [1.165, 1.54) is 0 Å². The molecule has 5 heteroatoms. The molecule has 4 nitrogen and oxygen atoms in total. The van der Waals surface area contributed by atoms with Crippen LogP contribution in [0, 0.1) is 11.3 Å². The lowest BCUT2D eigenvalue weighted by atomic mass is 9.99. The zero-order chi connectivity index (χ0) is 20.2. The van der Waals surface area contributed by atoms with Crippen molar-refractivity contribution in [3.8, 4) is 17.2 Å². The SMILES string of the molecule is CCCCc1nc2ccnc(Cl)c2n1Cc1ccc(-c2ccccc2C#N)cc1. The Kier molecular flexibility index (Phi) is 5.59. The second kappa shape index (κ2) is 8.46. The summed E-state index contributed by atoms with van der Waals surface area (Å²) >= 11 is 6.41. The van der Waals surface area contributed by atoms with E-state index in [-0.39, 0.29) is 0 Å². The monoisotopic (exact) mass is 400 g/mol. The van der Waals surface area contributed by atoms with Crippen molar-refractivity contribution >= 4 is 22.6 Å². The normalized spacial score (nSPS) is 10.9. The summed E-state index contributed by atoms with van der Waals surface area (Å²) in [6, 6.07) is 20.2. The van der Waals surface area contributed by atoms with E-state index in [2.05, 4.69) is 46.8 Å². The molecule has 0 saturated carbocycles. The Bertz CT molecular complexity index is 1190. The highest BCUT2D eigenvalue weighted by Gasteiger charge is 2.14. The molecule has 2 aromatic heterocycles. The standard InChI is InChI=1S/C24H21ClN4/c1-2-3-8-22-28-21-13-14-27-24(25)23(21)29(22)16-17-9-11-18(12-10-17)20-7-5-4-6-19(20)15-26/h4-7,9-14H,2-3,8,16H2,1H3. The summed E-state index contributed by atoms with van der Waals surface area (Å²) in [6.07, 6.45) is 4.81. The Morgan fingerprint density at radius 3 is 2.62 bits per heavy atom. The number of imidazole rings is 1. The molecule has 2 heterocycles. The minimum atomic E-state index is 0.484. The van der Waals surface area contributed by atoms with Gasteiger partial charge in [-0.05, 0) is 35.2 Å². The van der Waals surface area contributed by atoms with Crippen LogP contribution in [0.4, 0.5) is 0 Å². The topological polar surface area (TPSA) is 54.5 Å². The molecule has 0 radical (unpaired) electrons. The fraction of sp³-hybridized carbons (Fsp3) is 0.208. The maximum Gasteiger partial charge on any atom is 0.154 e. The third-order valence-corrected chi connectivity index (χ3v) is 5.37. The smallest absolute Gasteiger partial charge is 0.154 e. The van der Waals surface area contributed by atoms with Gasteiger partial charge in [-0.1, -0.05) is 67.4 Å². The number of unbranched alkanes of at least 4 members (excludes halogenated alkanes) is 1. The van der Waals surface area contributed by atoms with Gasteiger partial charge in [0.15, 0.2) is 5.15 Å². The van der Waals surface area contributed by atoms with Crippen LogP contribution >= 0.6 is 11.6 Å². The molecule has 0 aliphatic rings. The molecule has 29 heavy (non-hydrogen) atoms. The van der Waals surface area contributed by atoms with Gasteiger partial charge in [-0.3, -0.25) is 0 Å². The second-order valence-electron chi connectivity index (χ2n) is 7.04. The van der Waals surface area contributed by atoms with Crippen molar-refractivity contribution in [2.45, 2.75) is 32.7 Å². The van der Waals surface area contributed by atoms with Crippen LogP contribution in [0.25, 0.3) is 22.2 Å². The summed E-state index contributed by atoms with van der Waals surface area (Å²) in [6.45, 7) is 2.86. The van der Waals surface area contributed by atoms with Gasteiger partial charge in [0.25, 0.3) is 0 Å². The molecule has 0 N–H and O–H groups in total. The van der Waals surface area contributed by atoms with Crippen molar-refractivity contribution < 1.29 is 0 Å². The van der Waals surface area contributed by atoms with Crippen LogP contribution in [0.5, 0.6) is 0 Å². The van der Waals surface area contributed by atoms with E-state index in [4.69, 9.17) is 16.6 Å². The van der Waals surface area contributed by atoms with E-state index in [0.717, 1.165) is 52.8 Å². The molecule has 4 rings (SSSR count). The predicted molar refractivity (Wildman–Crippen MR) is 117 cm³/mol. The minimum absolute atomic E-state index is 0.484. The lowest BCUT2D eigenvalue weighted by Crippen LogP contribution is -2.06. The van der Waals surface area contributed by atoms with Gasteiger partial charge < -0.3 is 4.57 Å². The zero-order valence-electron chi connectivity index (χ0n) is 16.3. The first kappa shape index (κ1) is 19.2. The number of halogens is 1. The summed E-state index contributed by atoms with van der Waals surface area (Å²) in [5, 5.41) is 9.84. The number of aryl methyl sites for hydroxylation is 1. The van der Waals surface area contributed by atoms with Crippen molar-refractivity contribution in [1.29, 1.82) is 5.26 Å². The van der Waals surface area contributed by atoms with Crippen LogP contribution in [-0.4, -0.2) is 14.5 Å². The fourth-order valence-electron chi connectivity index (χ4n) is 3.59. The molecular weight excluding hydrogens is 380 g/mol. The van der Waals surface area contributed by atoms with Crippen LogP contribution in [0.15, 0.2) is 60.8 Å². The first-order chi connectivity index (χ1) is 14.2. The van der Waals surface area contributed by atoms with Gasteiger partial charge in [-0.25, -0.2) is 9.97 Å². The Hall–Kier alpha value is -3.16. The highest BCUT2D eigenvalue weighted by molar-refractivity contribution is 6.33. The van der Waals surface area contributed by atoms with Crippen molar-refractivity contribution in [2.24, 2.45) is 0 Å². The molecule has 0 amide bonds. The second-order valence-corrected chi connectivity index (χ2v) is 7.40. The lowest BCUT2D eigenvalue weighted by molar-refractivity contribution is 0.689. The number of pyridine rings is 1. The average Bonchev–Trinajstić information content (AvgIpc) is 3.11. The van der Waals surface area contributed by atoms with E-state index >= 15 is 0 Å². The number of aromatic nitrogens is 3. The van der Waals surface area contributed by atoms with Gasteiger partial charge in [0, 0.05) is 19.2 Å². The third kappa shape index (κ3) is 3.87. The Morgan fingerprint density at radius 1 is 1.07 bits per heavy atom. The number of hydrogen-bond donors (Lipinski definition) is 0. The molecule has 0 spiro atoms. The van der Waals surface area contributed by atoms with Gasteiger partial charge in [-0.2, -0.15) is 5.26 Å². The van der Waals surface area contributed by atoms with E-state index in [0.29, 0.717) is 17.3 Å². The van der Waals surface area contributed by atoms with Gasteiger partial charge in [0.1, 0.15) is 11.3 Å². The highest BCUT2D eigenvalue weighted by atomic mass is 35.5. The van der Waals surface area contributed by atoms with Crippen LogP contribution < -0.4 is 0 Å². The van der Waals surface area contributed by atoms with Crippen molar-refractivity contribution in [2.75, 3.05) is 0 Å². The highest BCUT2D eigenvalue weighted by Crippen LogP contribution is 2.27. The van der Waals surface area contributed by atoms with Crippen LogP contribution in [0.1, 0.15) is 36.7 Å². The van der Waals surface area contributed by atoms with Crippen molar-refractivity contribution in [3.63, 3.8) is 0 Å². The molecular formula is C24H21ClN4. The molecule has 0 bridgehead atoms. The van der Waals surface area contributed by atoms with Gasteiger partial charge in [-0.15, -0.1) is 0 Å². The Balaban J connectivity index is 1.69. The largest absolute Gasteiger partial charge is 0.321 e. The number of nitrogens with zero attached hydrogens (tertiary/aromatic N) is 4. The van der Waals surface area contributed by atoms with Gasteiger partial charge in [0.05, 0.1) is 17.1 Å². The summed E-state index contributed by atoms with van der Waals surface area (Å²) < 4.78 is 2.18. The molecule has 0 aliphatic heterocycles. The van der Waals surface area contributed by atoms with Crippen LogP contribution in [-0.2, 0) is 13.0 Å². The van der Waals surface area contributed by atoms with E-state index in [9.17, 15) is 5.26 Å². The molecule has 0 saturated heterocycles. The Labute approximate surface area is 175 Å². The molecule has 0 aliphatic carbocycles. The van der Waals surface area contributed by atoms with Crippen LogP contribution in [0.3, 0.4) is 0 Å². The summed E-state index contributed by atoms with van der Waals surface area (Å²) in [5.74, 6) is 1.04. The lowest BCUT2D eigenvalue weighted by Gasteiger charge is -2.11. The fourth-order valence-corrected chi connectivity index (χ4v) is 3.84. The first-order valence-corrected chi connectivity index (χ1v) is 10.2. The van der Waals surface area contributed by atoms with E-state index in [1.54, 1.807) is 6.20 Å². The number of rotatable bonds is 6. The number of fused-ring (bicyclic) bond motifs is 1. The zero-order valence-corrected chi connectivity index (χ0v) is 17.0. The summed E-state index contributed by atoms with van der Waals surface area (Å²) in [5.41, 5.74) is 5.59. The minimum Gasteiger partial charge on any atom is -0.321 e. The molecule has 2 aromatic carbocycles. The molecule has 0 fully saturated rings. The van der Waals surface area contributed by atoms with E-state index < -0.39 is 0 Å². The number of nitriles is 1. The predicted octanol–water partition coefficient (Wildman–Crippen LogP) is 6.01.